The summed E-state index contributed by atoms with van der Waals surface area (Å²) in [6, 6.07) is 14.3. The predicted molar refractivity (Wildman–Crippen MR) is 149 cm³/mol. The molecular weight excluding hydrogens is 532 g/mol. The zero-order valence-corrected chi connectivity index (χ0v) is 22.5. The van der Waals surface area contributed by atoms with Crippen LogP contribution in [0, 0.1) is 6.92 Å². The lowest BCUT2D eigenvalue weighted by Crippen LogP contribution is -2.46. The number of rotatable bonds is 7. The molecule has 3 heterocycles. The van der Waals surface area contributed by atoms with E-state index in [0.29, 0.717) is 39.1 Å². The first kappa shape index (κ1) is 26.8. The molecule has 11 heteroatoms. The normalized spacial score (nSPS) is 14.7. The second-order valence-corrected chi connectivity index (χ2v) is 9.62. The Balaban J connectivity index is 1.46. The molecule has 1 aliphatic heterocycles. The maximum absolute atomic E-state index is 13.8. The molecule has 2 aromatic carbocycles. The van der Waals surface area contributed by atoms with Crippen LogP contribution in [-0.2, 0) is 17.8 Å². The van der Waals surface area contributed by atoms with Crippen molar-refractivity contribution in [3.63, 3.8) is 0 Å². The topological polar surface area (TPSA) is 126 Å². The lowest BCUT2D eigenvalue weighted by Gasteiger charge is -2.29. The molecule has 1 aliphatic rings. The molecule has 0 radical (unpaired) electrons. The molecule has 4 aromatic rings. The zero-order valence-electron chi connectivity index (χ0n) is 21.7. The van der Waals surface area contributed by atoms with Crippen molar-refractivity contribution in [1.29, 1.82) is 0 Å². The average Bonchev–Trinajstić information content (AvgIpc) is 3.04. The largest absolute Gasteiger partial charge is 0.496 e. The third-order valence-corrected chi connectivity index (χ3v) is 6.66. The summed E-state index contributed by atoms with van der Waals surface area (Å²) in [5, 5.41) is 5.95. The summed E-state index contributed by atoms with van der Waals surface area (Å²) in [7, 11) is 1.45. The Morgan fingerprint density at radius 1 is 1.07 bits per heavy atom. The quantitative estimate of drug-likeness (QED) is 0.347. The van der Waals surface area contributed by atoms with Crippen molar-refractivity contribution in [2.24, 2.45) is 0 Å². The summed E-state index contributed by atoms with van der Waals surface area (Å²) in [6.07, 6.45) is 4.87. The standard InChI is InChI=1S/C29H25ClN6O4/c1-17-14-33-26(15-32-17)35-27(37)22-8-6-18(11-25(22)40-2)16-36-24(13-20-5-3-4-10-31-20)28(38)34-23-12-19(30)7-9-21(23)29(36)39/h3-12,14-15,24H,13,16H2,1-2H3,(H,34,38)(H,33,35,37)/t24-/m1/s1. The summed E-state index contributed by atoms with van der Waals surface area (Å²) >= 11 is 6.15. The molecule has 0 saturated heterocycles. The molecule has 2 N–H and O–H groups in total. The van der Waals surface area contributed by atoms with E-state index in [4.69, 9.17) is 16.3 Å². The highest BCUT2D eigenvalue weighted by atomic mass is 35.5. The van der Waals surface area contributed by atoms with Crippen molar-refractivity contribution in [2.45, 2.75) is 25.9 Å². The van der Waals surface area contributed by atoms with Crippen LogP contribution in [-0.4, -0.2) is 50.7 Å². The zero-order chi connectivity index (χ0) is 28.2. The number of hydrogen-bond donors (Lipinski definition) is 2. The number of carbonyl (C=O) groups is 3. The van der Waals surface area contributed by atoms with Crippen LogP contribution in [0.3, 0.4) is 0 Å². The Hall–Kier alpha value is -4.83. The van der Waals surface area contributed by atoms with E-state index < -0.39 is 11.9 Å². The van der Waals surface area contributed by atoms with Crippen LogP contribution in [0.2, 0.25) is 5.02 Å². The summed E-state index contributed by atoms with van der Waals surface area (Å²) in [5.74, 6) is -0.522. The van der Waals surface area contributed by atoms with Gasteiger partial charge in [-0.2, -0.15) is 0 Å². The highest BCUT2D eigenvalue weighted by Crippen LogP contribution is 2.30. The van der Waals surface area contributed by atoms with Crippen LogP contribution < -0.4 is 15.4 Å². The van der Waals surface area contributed by atoms with Gasteiger partial charge < -0.3 is 20.3 Å². The third kappa shape index (κ3) is 5.76. The van der Waals surface area contributed by atoms with E-state index in [9.17, 15) is 14.4 Å². The number of nitrogens with zero attached hydrogens (tertiary/aromatic N) is 4. The number of aromatic nitrogens is 3. The molecule has 0 spiro atoms. The number of methoxy groups -OCH3 is 1. The van der Waals surface area contributed by atoms with Crippen molar-refractivity contribution in [1.82, 2.24) is 19.9 Å². The average molecular weight is 557 g/mol. The molecule has 0 aliphatic carbocycles. The predicted octanol–water partition coefficient (Wildman–Crippen LogP) is 4.30. The fraction of sp³-hybridized carbons (Fsp3) is 0.172. The van der Waals surface area contributed by atoms with Gasteiger partial charge in [0.25, 0.3) is 11.8 Å². The third-order valence-electron chi connectivity index (χ3n) is 6.42. The molecule has 2 aromatic heterocycles. The van der Waals surface area contributed by atoms with Crippen LogP contribution in [0.1, 0.15) is 37.7 Å². The number of carbonyl (C=O) groups excluding carboxylic acids is 3. The van der Waals surface area contributed by atoms with Crippen molar-refractivity contribution < 1.29 is 19.1 Å². The molecule has 0 saturated carbocycles. The number of anilines is 2. The van der Waals surface area contributed by atoms with E-state index >= 15 is 0 Å². The number of amides is 3. The molecule has 0 unspecified atom stereocenters. The van der Waals surface area contributed by atoms with Gasteiger partial charge in [0.15, 0.2) is 5.82 Å². The van der Waals surface area contributed by atoms with Crippen LogP contribution in [0.5, 0.6) is 5.75 Å². The van der Waals surface area contributed by atoms with Gasteiger partial charge in [0, 0.05) is 29.9 Å². The molecule has 3 amide bonds. The van der Waals surface area contributed by atoms with Gasteiger partial charge in [0.1, 0.15) is 11.8 Å². The van der Waals surface area contributed by atoms with Gasteiger partial charge in [-0.3, -0.25) is 24.4 Å². The van der Waals surface area contributed by atoms with Gasteiger partial charge in [0.05, 0.1) is 42.0 Å². The summed E-state index contributed by atoms with van der Waals surface area (Å²) < 4.78 is 5.51. The number of ether oxygens (including phenoxy) is 1. The lowest BCUT2D eigenvalue weighted by molar-refractivity contribution is -0.120. The summed E-state index contributed by atoms with van der Waals surface area (Å²) in [6.45, 7) is 1.88. The van der Waals surface area contributed by atoms with Crippen LogP contribution in [0.25, 0.3) is 0 Å². The molecule has 0 bridgehead atoms. The number of aryl methyl sites for hydroxylation is 1. The first-order valence-electron chi connectivity index (χ1n) is 12.4. The summed E-state index contributed by atoms with van der Waals surface area (Å²) in [5.41, 5.74) is 2.99. The minimum absolute atomic E-state index is 0.0769. The number of pyridine rings is 1. The SMILES string of the molecule is COc1cc(CN2C(=O)c3ccc(Cl)cc3NC(=O)[C@H]2Cc2ccccn2)ccc1C(=O)Nc1cnc(C)cn1. The number of hydrogen-bond acceptors (Lipinski definition) is 7. The summed E-state index contributed by atoms with van der Waals surface area (Å²) in [4.78, 5) is 54.3. The van der Waals surface area contributed by atoms with Crippen LogP contribution in [0.15, 0.2) is 73.2 Å². The number of benzene rings is 2. The van der Waals surface area contributed by atoms with Crippen molar-refractivity contribution in [2.75, 3.05) is 17.7 Å². The number of fused-ring (bicyclic) bond motifs is 1. The number of nitrogens with one attached hydrogen (secondary N) is 2. The smallest absolute Gasteiger partial charge is 0.260 e. The van der Waals surface area contributed by atoms with E-state index in [-0.39, 0.29) is 30.3 Å². The Morgan fingerprint density at radius 2 is 1.93 bits per heavy atom. The Bertz CT molecular complexity index is 1580. The minimum Gasteiger partial charge on any atom is -0.496 e. The van der Waals surface area contributed by atoms with E-state index in [1.165, 1.54) is 18.2 Å². The molecule has 1 atom stereocenters. The van der Waals surface area contributed by atoms with E-state index in [1.54, 1.807) is 67.8 Å². The molecular formula is C29H25ClN6O4. The fourth-order valence-corrected chi connectivity index (χ4v) is 4.59. The van der Waals surface area contributed by atoms with E-state index in [0.717, 1.165) is 5.69 Å². The van der Waals surface area contributed by atoms with E-state index in [2.05, 4.69) is 25.6 Å². The molecule has 5 rings (SSSR count). The van der Waals surface area contributed by atoms with Crippen molar-refractivity contribution in [3.8, 4) is 5.75 Å². The van der Waals surface area contributed by atoms with Crippen LogP contribution >= 0.6 is 11.6 Å². The second kappa shape index (κ2) is 11.5. The molecule has 202 valence electrons. The van der Waals surface area contributed by atoms with Crippen molar-refractivity contribution >= 4 is 40.8 Å². The Morgan fingerprint density at radius 3 is 2.65 bits per heavy atom. The van der Waals surface area contributed by atoms with Gasteiger partial charge >= 0.3 is 0 Å². The van der Waals surface area contributed by atoms with Gasteiger partial charge in [0.2, 0.25) is 5.91 Å². The number of halogens is 1. The Kier molecular flexibility index (Phi) is 7.70. The second-order valence-electron chi connectivity index (χ2n) is 9.18. The maximum atomic E-state index is 13.8. The molecule has 0 fully saturated rings. The van der Waals surface area contributed by atoms with Crippen LogP contribution in [0.4, 0.5) is 11.5 Å². The lowest BCUT2D eigenvalue weighted by atomic mass is 10.0. The Labute approximate surface area is 235 Å². The van der Waals surface area contributed by atoms with E-state index in [1.807, 2.05) is 6.07 Å². The van der Waals surface area contributed by atoms with Crippen molar-refractivity contribution in [3.05, 3.63) is 106 Å². The highest BCUT2D eigenvalue weighted by Gasteiger charge is 2.36. The first-order chi connectivity index (χ1) is 19.3. The first-order valence-corrected chi connectivity index (χ1v) is 12.8. The molecule has 10 nitrogen and oxygen atoms in total. The van der Waals surface area contributed by atoms with Gasteiger partial charge in [-0.25, -0.2) is 4.98 Å². The molecule has 40 heavy (non-hydrogen) atoms. The fourth-order valence-electron chi connectivity index (χ4n) is 4.42. The minimum atomic E-state index is -0.859. The monoisotopic (exact) mass is 556 g/mol. The van der Waals surface area contributed by atoms with Gasteiger partial charge in [-0.15, -0.1) is 0 Å². The van der Waals surface area contributed by atoms with Gasteiger partial charge in [-0.05, 0) is 55.0 Å². The highest BCUT2D eigenvalue weighted by molar-refractivity contribution is 6.31. The van der Waals surface area contributed by atoms with Gasteiger partial charge in [-0.1, -0.05) is 23.7 Å². The maximum Gasteiger partial charge on any atom is 0.260 e.